The Morgan fingerprint density at radius 1 is 1.11 bits per heavy atom. The maximum absolute atomic E-state index is 5.92. The van der Waals surface area contributed by atoms with Gasteiger partial charge in [0.1, 0.15) is 0 Å². The minimum absolute atomic E-state index is 0.742. The topological polar surface area (TPSA) is 30.2 Å². The van der Waals surface area contributed by atoms with Gasteiger partial charge in [-0.15, -0.1) is 0 Å². The maximum Gasteiger partial charge on any atom is 0.155 e. The van der Waals surface area contributed by atoms with E-state index in [1.807, 2.05) is 41.0 Å². The lowest BCUT2D eigenvalue weighted by atomic mass is 10.2. The first-order valence-corrected chi connectivity index (χ1v) is 6.81. The van der Waals surface area contributed by atoms with Crippen molar-refractivity contribution in [2.75, 3.05) is 0 Å². The third-order valence-corrected chi connectivity index (χ3v) is 3.92. The molecule has 0 amide bonds. The van der Waals surface area contributed by atoms with Crippen LogP contribution in [-0.2, 0) is 12.8 Å². The number of halogens is 1. The second-order valence-electron chi connectivity index (χ2n) is 4.89. The van der Waals surface area contributed by atoms with Crippen molar-refractivity contribution in [3.05, 3.63) is 52.8 Å². The number of rotatable bonds is 1. The van der Waals surface area contributed by atoms with Gasteiger partial charge >= 0.3 is 0 Å². The number of fused-ring (bicyclic) bond motifs is 3. The van der Waals surface area contributed by atoms with Crippen molar-refractivity contribution in [1.82, 2.24) is 14.6 Å². The predicted molar refractivity (Wildman–Crippen MR) is 75.5 cm³/mol. The van der Waals surface area contributed by atoms with Gasteiger partial charge in [-0.2, -0.15) is 5.10 Å². The molecule has 19 heavy (non-hydrogen) atoms. The summed E-state index contributed by atoms with van der Waals surface area (Å²) in [4.78, 5) is 4.49. The van der Waals surface area contributed by atoms with Gasteiger partial charge in [0.15, 0.2) is 5.65 Å². The molecule has 0 saturated heterocycles. The highest BCUT2D eigenvalue weighted by molar-refractivity contribution is 6.30. The highest BCUT2D eigenvalue weighted by atomic mass is 35.5. The van der Waals surface area contributed by atoms with E-state index < -0.39 is 0 Å². The lowest BCUT2D eigenvalue weighted by molar-refractivity contribution is 0.839. The van der Waals surface area contributed by atoms with Crippen molar-refractivity contribution >= 4 is 17.2 Å². The molecule has 0 aliphatic heterocycles. The Kier molecular flexibility index (Phi) is 2.35. The molecule has 0 N–H and O–H groups in total. The molecule has 0 unspecified atom stereocenters. The molecule has 0 fully saturated rings. The first-order valence-electron chi connectivity index (χ1n) is 6.44. The molecule has 0 radical (unpaired) electrons. The molecule has 0 atom stereocenters. The van der Waals surface area contributed by atoms with Crippen LogP contribution in [0.4, 0.5) is 0 Å². The van der Waals surface area contributed by atoms with Gasteiger partial charge in [-0.3, -0.25) is 0 Å². The summed E-state index contributed by atoms with van der Waals surface area (Å²) in [6, 6.07) is 9.79. The number of nitrogens with zero attached hydrogens (tertiary/aromatic N) is 3. The van der Waals surface area contributed by atoms with Gasteiger partial charge in [-0.05, 0) is 37.0 Å². The molecule has 4 heteroatoms. The number of aryl methyl sites for hydroxylation is 2. The summed E-state index contributed by atoms with van der Waals surface area (Å²) in [6.45, 7) is 0. The van der Waals surface area contributed by atoms with Crippen LogP contribution in [0.3, 0.4) is 0 Å². The molecule has 3 nitrogen and oxygen atoms in total. The third kappa shape index (κ3) is 1.73. The summed E-state index contributed by atoms with van der Waals surface area (Å²) in [6.07, 6.45) is 5.40. The summed E-state index contributed by atoms with van der Waals surface area (Å²) in [7, 11) is 0. The second kappa shape index (κ2) is 4.07. The smallest absolute Gasteiger partial charge is 0.155 e. The second-order valence-corrected chi connectivity index (χ2v) is 5.33. The fourth-order valence-corrected chi connectivity index (χ4v) is 2.83. The van der Waals surface area contributed by atoms with Crippen LogP contribution >= 0.6 is 11.6 Å². The fourth-order valence-electron chi connectivity index (χ4n) is 2.70. The van der Waals surface area contributed by atoms with Gasteiger partial charge in [-0.1, -0.05) is 23.7 Å². The summed E-state index contributed by atoms with van der Waals surface area (Å²) in [5, 5.41) is 5.44. The van der Waals surface area contributed by atoms with Crippen LogP contribution < -0.4 is 0 Å². The van der Waals surface area contributed by atoms with Crippen LogP contribution in [0.1, 0.15) is 17.7 Å². The van der Waals surface area contributed by atoms with E-state index in [1.54, 1.807) is 0 Å². The van der Waals surface area contributed by atoms with Gasteiger partial charge in [0, 0.05) is 28.5 Å². The Balaban J connectivity index is 1.90. The van der Waals surface area contributed by atoms with Crippen LogP contribution in [-0.4, -0.2) is 14.6 Å². The summed E-state index contributed by atoms with van der Waals surface area (Å²) >= 11 is 5.92. The molecule has 2 heterocycles. The van der Waals surface area contributed by atoms with Gasteiger partial charge in [0.25, 0.3) is 0 Å². The Hall–Kier alpha value is -1.87. The van der Waals surface area contributed by atoms with E-state index in [-0.39, 0.29) is 0 Å². The lowest BCUT2D eigenvalue weighted by Crippen LogP contribution is -1.99. The van der Waals surface area contributed by atoms with E-state index in [1.165, 1.54) is 17.7 Å². The van der Waals surface area contributed by atoms with E-state index in [2.05, 4.69) is 4.98 Å². The van der Waals surface area contributed by atoms with Crippen LogP contribution in [0.5, 0.6) is 0 Å². The molecule has 2 aromatic heterocycles. The van der Waals surface area contributed by atoms with Crippen molar-refractivity contribution in [1.29, 1.82) is 0 Å². The normalized spacial score (nSPS) is 13.9. The van der Waals surface area contributed by atoms with Crippen molar-refractivity contribution in [3.8, 4) is 11.3 Å². The van der Waals surface area contributed by atoms with Crippen molar-refractivity contribution < 1.29 is 0 Å². The lowest BCUT2D eigenvalue weighted by Gasteiger charge is -2.00. The minimum atomic E-state index is 0.742. The van der Waals surface area contributed by atoms with E-state index >= 15 is 0 Å². The molecule has 1 aliphatic carbocycles. The zero-order valence-corrected chi connectivity index (χ0v) is 11.1. The van der Waals surface area contributed by atoms with E-state index in [0.717, 1.165) is 34.8 Å². The van der Waals surface area contributed by atoms with Crippen LogP contribution in [0, 0.1) is 0 Å². The first-order chi connectivity index (χ1) is 9.31. The number of benzene rings is 1. The van der Waals surface area contributed by atoms with Crippen molar-refractivity contribution in [2.45, 2.75) is 19.3 Å². The summed E-state index contributed by atoms with van der Waals surface area (Å²) in [5.74, 6) is 0. The molecular formula is C15H12ClN3. The van der Waals surface area contributed by atoms with Crippen molar-refractivity contribution in [3.63, 3.8) is 0 Å². The minimum Gasteiger partial charge on any atom is -0.237 e. The zero-order chi connectivity index (χ0) is 12.8. The van der Waals surface area contributed by atoms with E-state index in [0.29, 0.717) is 0 Å². The molecule has 0 saturated carbocycles. The molecule has 4 rings (SSSR count). The van der Waals surface area contributed by atoms with Crippen LogP contribution in [0.25, 0.3) is 16.9 Å². The first kappa shape index (κ1) is 11.0. The maximum atomic E-state index is 5.92. The number of hydrogen-bond donors (Lipinski definition) is 0. The Bertz CT molecular complexity index is 759. The van der Waals surface area contributed by atoms with E-state index in [9.17, 15) is 0 Å². The van der Waals surface area contributed by atoms with Crippen LogP contribution in [0.15, 0.2) is 36.5 Å². The Labute approximate surface area is 115 Å². The van der Waals surface area contributed by atoms with E-state index in [4.69, 9.17) is 16.7 Å². The number of hydrogen-bond acceptors (Lipinski definition) is 2. The SMILES string of the molecule is Clc1ccc(-c2cc3ncc4c(n3n2)CCC4)cc1. The zero-order valence-electron chi connectivity index (χ0n) is 10.3. The van der Waals surface area contributed by atoms with Gasteiger partial charge in [0.2, 0.25) is 0 Å². The monoisotopic (exact) mass is 269 g/mol. The van der Waals surface area contributed by atoms with Gasteiger partial charge in [-0.25, -0.2) is 9.50 Å². The quantitative estimate of drug-likeness (QED) is 0.676. The van der Waals surface area contributed by atoms with Crippen LogP contribution in [0.2, 0.25) is 5.02 Å². The highest BCUT2D eigenvalue weighted by Crippen LogP contribution is 2.25. The standard InChI is InChI=1S/C15H12ClN3/c16-12-6-4-10(5-7-12)13-8-15-17-9-11-2-1-3-14(11)19(15)18-13/h4-9H,1-3H2. The summed E-state index contributed by atoms with van der Waals surface area (Å²) < 4.78 is 1.99. The average molecular weight is 270 g/mol. The summed E-state index contributed by atoms with van der Waals surface area (Å²) in [5.41, 5.74) is 5.58. The molecular weight excluding hydrogens is 258 g/mol. The Morgan fingerprint density at radius 2 is 1.95 bits per heavy atom. The molecule has 3 aromatic rings. The molecule has 1 aromatic carbocycles. The predicted octanol–water partition coefficient (Wildman–Crippen LogP) is 3.54. The number of aromatic nitrogens is 3. The van der Waals surface area contributed by atoms with Crippen molar-refractivity contribution in [2.24, 2.45) is 0 Å². The van der Waals surface area contributed by atoms with Gasteiger partial charge < -0.3 is 0 Å². The molecule has 94 valence electrons. The third-order valence-electron chi connectivity index (χ3n) is 3.67. The van der Waals surface area contributed by atoms with Gasteiger partial charge in [0.05, 0.1) is 5.69 Å². The molecule has 1 aliphatic rings. The average Bonchev–Trinajstić information content (AvgIpc) is 3.04. The Morgan fingerprint density at radius 3 is 2.79 bits per heavy atom. The highest BCUT2D eigenvalue weighted by Gasteiger charge is 2.16. The molecule has 0 spiro atoms. The largest absolute Gasteiger partial charge is 0.237 e. The molecule has 0 bridgehead atoms. The fraction of sp³-hybridized carbons (Fsp3) is 0.200.